The van der Waals surface area contributed by atoms with E-state index in [1.807, 2.05) is 12.1 Å². The third-order valence-corrected chi connectivity index (χ3v) is 2.72. The van der Waals surface area contributed by atoms with Gasteiger partial charge in [-0.05, 0) is 24.3 Å². The molecule has 4 nitrogen and oxygen atoms in total. The van der Waals surface area contributed by atoms with Crippen molar-refractivity contribution in [2.75, 3.05) is 5.32 Å². The molecular weight excluding hydrogens is 245 g/mol. The van der Waals surface area contributed by atoms with Crippen LogP contribution in [0.25, 0.3) is 5.65 Å². The molecular formula is C14H10FN3O. The topological polar surface area (TPSA) is 46.4 Å². The third kappa shape index (κ3) is 2.18. The molecule has 0 aliphatic heterocycles. The van der Waals surface area contributed by atoms with Crippen LogP contribution < -0.4 is 5.32 Å². The first-order valence-corrected chi connectivity index (χ1v) is 5.74. The lowest BCUT2D eigenvalue weighted by Gasteiger charge is -2.03. The zero-order chi connectivity index (χ0) is 13.2. The summed E-state index contributed by atoms with van der Waals surface area (Å²) in [6, 6.07) is 11.5. The van der Waals surface area contributed by atoms with Crippen molar-refractivity contribution >= 4 is 17.2 Å². The van der Waals surface area contributed by atoms with Crippen LogP contribution in [0.4, 0.5) is 10.1 Å². The number of hydrogen-bond donors (Lipinski definition) is 1. The predicted molar refractivity (Wildman–Crippen MR) is 69.5 cm³/mol. The average Bonchev–Trinajstić information content (AvgIpc) is 2.85. The van der Waals surface area contributed by atoms with Crippen molar-refractivity contribution in [3.05, 3.63) is 66.4 Å². The van der Waals surface area contributed by atoms with Gasteiger partial charge in [0.05, 0.1) is 5.69 Å². The Kier molecular flexibility index (Phi) is 2.72. The number of amides is 1. The number of benzene rings is 1. The number of para-hydroxylation sites is 1. The maximum absolute atomic E-state index is 13.4. The van der Waals surface area contributed by atoms with Gasteiger partial charge in [-0.2, -0.15) is 0 Å². The molecule has 0 bridgehead atoms. The summed E-state index contributed by atoms with van der Waals surface area (Å²) < 4.78 is 15.2. The Labute approximate surface area is 108 Å². The third-order valence-electron chi connectivity index (χ3n) is 2.72. The molecule has 0 spiro atoms. The molecule has 0 aliphatic carbocycles. The van der Waals surface area contributed by atoms with E-state index in [0.717, 1.165) is 0 Å². The number of nitrogens with zero attached hydrogens (tertiary/aromatic N) is 2. The highest BCUT2D eigenvalue weighted by Crippen LogP contribution is 2.14. The first kappa shape index (κ1) is 11.4. The number of hydrogen-bond acceptors (Lipinski definition) is 2. The first-order valence-electron chi connectivity index (χ1n) is 5.74. The number of fused-ring (bicyclic) bond motifs is 1. The largest absolute Gasteiger partial charge is 0.318 e. The Bertz CT molecular complexity index is 718. The summed E-state index contributed by atoms with van der Waals surface area (Å²) in [5.74, 6) is -0.909. The van der Waals surface area contributed by atoms with E-state index in [1.54, 1.807) is 35.0 Å². The predicted octanol–water partition coefficient (Wildman–Crippen LogP) is 2.73. The zero-order valence-corrected chi connectivity index (χ0v) is 9.88. The van der Waals surface area contributed by atoms with E-state index < -0.39 is 11.7 Å². The Morgan fingerprint density at radius 3 is 2.74 bits per heavy atom. The second-order valence-corrected chi connectivity index (χ2v) is 4.03. The molecule has 1 amide bonds. The lowest BCUT2D eigenvalue weighted by atomic mass is 10.3. The van der Waals surface area contributed by atoms with Crippen molar-refractivity contribution in [3.8, 4) is 0 Å². The molecule has 19 heavy (non-hydrogen) atoms. The molecule has 5 heteroatoms. The van der Waals surface area contributed by atoms with E-state index >= 15 is 0 Å². The summed E-state index contributed by atoms with van der Waals surface area (Å²) in [6.45, 7) is 0. The monoisotopic (exact) mass is 255 g/mol. The highest BCUT2D eigenvalue weighted by molar-refractivity contribution is 6.03. The van der Waals surface area contributed by atoms with Crippen LogP contribution in [-0.4, -0.2) is 15.3 Å². The number of nitrogens with one attached hydrogen (secondary N) is 1. The summed E-state index contributed by atoms with van der Waals surface area (Å²) in [7, 11) is 0. The van der Waals surface area contributed by atoms with E-state index in [2.05, 4.69) is 10.3 Å². The molecule has 2 heterocycles. The van der Waals surface area contributed by atoms with Gasteiger partial charge >= 0.3 is 0 Å². The van der Waals surface area contributed by atoms with Gasteiger partial charge in [0.1, 0.15) is 17.2 Å². The molecule has 3 rings (SSSR count). The Balaban J connectivity index is 1.90. The number of pyridine rings is 1. The Morgan fingerprint density at radius 1 is 1.16 bits per heavy atom. The molecule has 0 saturated heterocycles. The SMILES string of the molecule is O=C(Nc1ccccc1F)c1cn2ccccc2n1. The molecule has 0 unspecified atom stereocenters. The summed E-state index contributed by atoms with van der Waals surface area (Å²) in [5, 5.41) is 2.50. The fourth-order valence-corrected chi connectivity index (χ4v) is 1.79. The molecule has 0 saturated carbocycles. The molecule has 3 aromatic rings. The summed E-state index contributed by atoms with van der Waals surface area (Å²) in [4.78, 5) is 16.1. The lowest BCUT2D eigenvalue weighted by Crippen LogP contribution is -2.13. The smallest absolute Gasteiger partial charge is 0.275 e. The Hall–Kier alpha value is -2.69. The molecule has 0 aliphatic rings. The van der Waals surface area contributed by atoms with Crippen LogP contribution in [0.2, 0.25) is 0 Å². The summed E-state index contributed by atoms with van der Waals surface area (Å²) in [6.07, 6.45) is 3.40. The van der Waals surface area contributed by atoms with Gasteiger partial charge < -0.3 is 9.72 Å². The second-order valence-electron chi connectivity index (χ2n) is 4.03. The van der Waals surface area contributed by atoms with E-state index in [-0.39, 0.29) is 11.4 Å². The molecule has 1 aromatic carbocycles. The van der Waals surface area contributed by atoms with Gasteiger partial charge in [0.2, 0.25) is 0 Å². The van der Waals surface area contributed by atoms with Gasteiger partial charge in [-0.15, -0.1) is 0 Å². The maximum Gasteiger partial charge on any atom is 0.275 e. The van der Waals surface area contributed by atoms with E-state index in [1.165, 1.54) is 12.1 Å². The van der Waals surface area contributed by atoms with Gasteiger partial charge in [0, 0.05) is 12.4 Å². The number of halogens is 1. The zero-order valence-electron chi connectivity index (χ0n) is 9.88. The van der Waals surface area contributed by atoms with Crippen LogP contribution in [0, 0.1) is 5.82 Å². The number of anilines is 1. The molecule has 0 atom stereocenters. The minimum atomic E-state index is -0.473. The number of rotatable bonds is 2. The van der Waals surface area contributed by atoms with Crippen LogP contribution >= 0.6 is 0 Å². The average molecular weight is 255 g/mol. The fraction of sp³-hybridized carbons (Fsp3) is 0. The minimum absolute atomic E-state index is 0.143. The molecule has 0 fully saturated rings. The van der Waals surface area contributed by atoms with Crippen molar-refractivity contribution in [3.63, 3.8) is 0 Å². The molecule has 1 N–H and O–H groups in total. The van der Waals surface area contributed by atoms with Gasteiger partial charge in [0.15, 0.2) is 0 Å². The van der Waals surface area contributed by atoms with Gasteiger partial charge in [-0.25, -0.2) is 9.37 Å². The number of imidazole rings is 1. The van der Waals surface area contributed by atoms with Crippen LogP contribution in [0.3, 0.4) is 0 Å². The van der Waals surface area contributed by atoms with Crippen molar-refractivity contribution in [2.45, 2.75) is 0 Å². The first-order chi connectivity index (χ1) is 9.24. The maximum atomic E-state index is 13.4. The minimum Gasteiger partial charge on any atom is -0.318 e. The number of carbonyl (C=O) groups excluding carboxylic acids is 1. The standard InChI is InChI=1S/C14H10FN3O/c15-10-5-1-2-6-11(10)17-14(19)12-9-18-8-4-3-7-13(18)16-12/h1-9H,(H,17,19). The molecule has 94 valence electrons. The Morgan fingerprint density at radius 2 is 1.95 bits per heavy atom. The van der Waals surface area contributed by atoms with Crippen molar-refractivity contribution < 1.29 is 9.18 Å². The van der Waals surface area contributed by atoms with Gasteiger partial charge in [-0.1, -0.05) is 18.2 Å². The van der Waals surface area contributed by atoms with E-state index in [9.17, 15) is 9.18 Å². The number of carbonyl (C=O) groups is 1. The van der Waals surface area contributed by atoms with Crippen LogP contribution in [0.5, 0.6) is 0 Å². The van der Waals surface area contributed by atoms with E-state index in [4.69, 9.17) is 0 Å². The quantitative estimate of drug-likeness (QED) is 0.765. The van der Waals surface area contributed by atoms with Crippen molar-refractivity contribution in [2.24, 2.45) is 0 Å². The van der Waals surface area contributed by atoms with Crippen molar-refractivity contribution in [1.29, 1.82) is 0 Å². The highest BCUT2D eigenvalue weighted by Gasteiger charge is 2.12. The van der Waals surface area contributed by atoms with Gasteiger partial charge in [0.25, 0.3) is 5.91 Å². The lowest BCUT2D eigenvalue weighted by molar-refractivity contribution is 0.102. The van der Waals surface area contributed by atoms with Crippen molar-refractivity contribution in [1.82, 2.24) is 9.38 Å². The summed E-state index contributed by atoms with van der Waals surface area (Å²) in [5.41, 5.74) is 1.06. The van der Waals surface area contributed by atoms with Crippen LogP contribution in [0.1, 0.15) is 10.5 Å². The highest BCUT2D eigenvalue weighted by atomic mass is 19.1. The van der Waals surface area contributed by atoms with Crippen LogP contribution in [-0.2, 0) is 0 Å². The summed E-state index contributed by atoms with van der Waals surface area (Å²) >= 11 is 0. The fourth-order valence-electron chi connectivity index (χ4n) is 1.79. The second kappa shape index (κ2) is 4.53. The van der Waals surface area contributed by atoms with E-state index in [0.29, 0.717) is 5.65 Å². The molecule has 2 aromatic heterocycles. The number of aromatic nitrogens is 2. The molecule has 0 radical (unpaired) electrons. The normalized spacial score (nSPS) is 10.6. The van der Waals surface area contributed by atoms with Crippen LogP contribution in [0.15, 0.2) is 54.9 Å². The van der Waals surface area contributed by atoms with Gasteiger partial charge in [-0.3, -0.25) is 4.79 Å².